The van der Waals surface area contributed by atoms with Gasteiger partial charge in [-0.3, -0.25) is 4.79 Å². The van der Waals surface area contributed by atoms with Crippen LogP contribution < -0.4 is 5.32 Å². The van der Waals surface area contributed by atoms with Gasteiger partial charge in [0.25, 0.3) is 5.91 Å². The zero-order valence-electron chi connectivity index (χ0n) is 10.3. The Morgan fingerprint density at radius 1 is 1.25 bits per heavy atom. The van der Waals surface area contributed by atoms with Gasteiger partial charge < -0.3 is 9.73 Å². The number of rotatable bonds is 3. The normalized spacial score (nSPS) is 10.4. The molecule has 1 N–H and O–H groups in total. The molecule has 1 aromatic carbocycles. The number of nitrogens with zero attached hydrogens (tertiary/aromatic N) is 2. The molecular weight excluding hydrogens is 322 g/mol. The Labute approximate surface area is 123 Å². The maximum Gasteiger partial charge on any atom is 0.291 e. The van der Waals surface area contributed by atoms with Crippen molar-refractivity contribution in [3.05, 3.63) is 65.3 Å². The van der Waals surface area contributed by atoms with E-state index in [1.54, 1.807) is 23.0 Å². The van der Waals surface area contributed by atoms with E-state index in [9.17, 15) is 4.79 Å². The van der Waals surface area contributed by atoms with Crippen LogP contribution >= 0.6 is 15.9 Å². The Morgan fingerprint density at radius 3 is 2.65 bits per heavy atom. The molecule has 0 bridgehead atoms. The number of aromatic nitrogens is 2. The van der Waals surface area contributed by atoms with Crippen LogP contribution in [0.2, 0.25) is 0 Å². The van der Waals surface area contributed by atoms with Crippen molar-refractivity contribution in [3.8, 4) is 5.69 Å². The summed E-state index contributed by atoms with van der Waals surface area (Å²) in [4.78, 5) is 11.8. The van der Waals surface area contributed by atoms with Crippen molar-refractivity contribution in [2.24, 2.45) is 0 Å². The van der Waals surface area contributed by atoms with Crippen molar-refractivity contribution < 1.29 is 9.21 Å². The number of hydrogen-bond acceptors (Lipinski definition) is 3. The van der Waals surface area contributed by atoms with Crippen LogP contribution in [0.1, 0.15) is 10.6 Å². The third-order valence-electron chi connectivity index (χ3n) is 2.69. The topological polar surface area (TPSA) is 60.1 Å². The number of hydrogen-bond donors (Lipinski definition) is 1. The zero-order chi connectivity index (χ0) is 13.9. The van der Waals surface area contributed by atoms with Crippen molar-refractivity contribution in [2.45, 2.75) is 0 Å². The van der Waals surface area contributed by atoms with E-state index in [1.807, 2.05) is 30.5 Å². The van der Waals surface area contributed by atoms with E-state index in [4.69, 9.17) is 4.42 Å². The van der Waals surface area contributed by atoms with Gasteiger partial charge in [0.2, 0.25) is 0 Å². The highest BCUT2D eigenvalue weighted by atomic mass is 79.9. The fourth-order valence-electron chi connectivity index (χ4n) is 1.74. The first-order valence-corrected chi connectivity index (χ1v) is 6.67. The van der Waals surface area contributed by atoms with Crippen molar-refractivity contribution in [3.63, 3.8) is 0 Å². The highest BCUT2D eigenvalue weighted by Crippen LogP contribution is 2.16. The SMILES string of the molecule is O=C(Nc1ccc(-n2cc(Br)cn2)cc1)c1ccco1. The monoisotopic (exact) mass is 331 g/mol. The lowest BCUT2D eigenvalue weighted by molar-refractivity contribution is 0.0996. The molecule has 0 saturated heterocycles. The first kappa shape index (κ1) is 12.7. The Hall–Kier alpha value is -2.34. The van der Waals surface area contributed by atoms with E-state index in [-0.39, 0.29) is 11.7 Å². The summed E-state index contributed by atoms with van der Waals surface area (Å²) >= 11 is 3.35. The quantitative estimate of drug-likeness (QED) is 0.799. The minimum Gasteiger partial charge on any atom is -0.459 e. The van der Waals surface area contributed by atoms with Crippen LogP contribution in [0.3, 0.4) is 0 Å². The Balaban J connectivity index is 1.75. The van der Waals surface area contributed by atoms with E-state index in [2.05, 4.69) is 26.3 Å². The third-order valence-corrected chi connectivity index (χ3v) is 3.10. The minimum atomic E-state index is -0.274. The molecule has 6 heteroatoms. The molecular formula is C14H10BrN3O2. The third kappa shape index (κ3) is 2.65. The summed E-state index contributed by atoms with van der Waals surface area (Å²) in [6.45, 7) is 0. The van der Waals surface area contributed by atoms with Gasteiger partial charge in [-0.25, -0.2) is 4.68 Å². The second-order valence-electron chi connectivity index (χ2n) is 4.08. The molecule has 2 aromatic heterocycles. The maximum atomic E-state index is 11.8. The molecule has 0 radical (unpaired) electrons. The second-order valence-corrected chi connectivity index (χ2v) is 5.00. The standard InChI is InChI=1S/C14H10BrN3O2/c15-10-8-16-18(9-10)12-5-3-11(4-6-12)17-14(19)13-2-1-7-20-13/h1-9H,(H,17,19). The molecule has 100 valence electrons. The first-order valence-electron chi connectivity index (χ1n) is 5.88. The molecule has 3 rings (SSSR count). The Morgan fingerprint density at radius 2 is 2.05 bits per heavy atom. The maximum absolute atomic E-state index is 11.8. The van der Waals surface area contributed by atoms with Gasteiger partial charge in [0.05, 0.1) is 22.6 Å². The van der Waals surface area contributed by atoms with Gasteiger partial charge in [-0.15, -0.1) is 0 Å². The Bertz CT molecular complexity index is 717. The summed E-state index contributed by atoms with van der Waals surface area (Å²) < 4.78 is 7.68. The molecule has 2 heterocycles. The number of benzene rings is 1. The number of amides is 1. The zero-order valence-corrected chi connectivity index (χ0v) is 11.9. The van der Waals surface area contributed by atoms with E-state index < -0.39 is 0 Å². The lowest BCUT2D eigenvalue weighted by Gasteiger charge is -2.05. The predicted molar refractivity (Wildman–Crippen MR) is 77.9 cm³/mol. The smallest absolute Gasteiger partial charge is 0.291 e. The molecule has 0 unspecified atom stereocenters. The molecule has 3 aromatic rings. The van der Waals surface area contributed by atoms with Gasteiger partial charge in [0, 0.05) is 11.9 Å². The van der Waals surface area contributed by atoms with Gasteiger partial charge in [0.15, 0.2) is 5.76 Å². The van der Waals surface area contributed by atoms with Crippen molar-refractivity contribution in [1.29, 1.82) is 0 Å². The molecule has 0 saturated carbocycles. The van der Waals surface area contributed by atoms with Gasteiger partial charge >= 0.3 is 0 Å². The summed E-state index contributed by atoms with van der Waals surface area (Å²) in [6.07, 6.45) is 5.04. The second kappa shape index (κ2) is 5.34. The van der Waals surface area contributed by atoms with Crippen LogP contribution in [-0.4, -0.2) is 15.7 Å². The molecule has 0 spiro atoms. The number of halogens is 1. The molecule has 0 aliphatic carbocycles. The fourth-order valence-corrected chi connectivity index (χ4v) is 2.03. The van der Waals surface area contributed by atoms with Crippen LogP contribution in [0.5, 0.6) is 0 Å². The number of carbonyl (C=O) groups is 1. The molecule has 0 aliphatic rings. The van der Waals surface area contributed by atoms with Crippen molar-refractivity contribution >= 4 is 27.5 Å². The van der Waals surface area contributed by atoms with Crippen LogP contribution in [-0.2, 0) is 0 Å². The molecule has 5 nitrogen and oxygen atoms in total. The molecule has 1 amide bonds. The molecule has 20 heavy (non-hydrogen) atoms. The minimum absolute atomic E-state index is 0.274. The van der Waals surface area contributed by atoms with Crippen LogP contribution in [0.25, 0.3) is 5.69 Å². The van der Waals surface area contributed by atoms with Crippen molar-refractivity contribution in [2.75, 3.05) is 5.32 Å². The van der Waals surface area contributed by atoms with E-state index in [0.717, 1.165) is 10.2 Å². The average Bonchev–Trinajstić information content (AvgIpc) is 3.10. The van der Waals surface area contributed by atoms with E-state index >= 15 is 0 Å². The van der Waals surface area contributed by atoms with Gasteiger partial charge in [-0.2, -0.15) is 5.10 Å². The summed E-state index contributed by atoms with van der Waals surface area (Å²) in [5.41, 5.74) is 1.60. The predicted octanol–water partition coefficient (Wildman–Crippen LogP) is 3.48. The number of anilines is 1. The van der Waals surface area contributed by atoms with Gasteiger partial charge in [0.1, 0.15) is 0 Å². The molecule has 0 fully saturated rings. The van der Waals surface area contributed by atoms with Crippen LogP contribution in [0.15, 0.2) is 63.9 Å². The fraction of sp³-hybridized carbons (Fsp3) is 0. The lowest BCUT2D eigenvalue weighted by Crippen LogP contribution is -2.10. The molecule has 0 atom stereocenters. The van der Waals surface area contributed by atoms with Crippen LogP contribution in [0, 0.1) is 0 Å². The summed E-state index contributed by atoms with van der Waals surface area (Å²) in [5.74, 6) is 0.00895. The summed E-state index contributed by atoms with van der Waals surface area (Å²) in [6, 6.07) is 10.7. The number of carbonyl (C=O) groups excluding carboxylic acids is 1. The summed E-state index contributed by atoms with van der Waals surface area (Å²) in [5, 5.41) is 6.94. The van der Waals surface area contributed by atoms with Gasteiger partial charge in [-0.05, 0) is 52.3 Å². The Kier molecular flexibility index (Phi) is 3.39. The largest absolute Gasteiger partial charge is 0.459 e. The molecule has 0 aliphatic heterocycles. The van der Waals surface area contributed by atoms with Crippen molar-refractivity contribution in [1.82, 2.24) is 9.78 Å². The summed E-state index contributed by atoms with van der Waals surface area (Å²) in [7, 11) is 0. The van der Waals surface area contributed by atoms with Gasteiger partial charge in [-0.1, -0.05) is 0 Å². The van der Waals surface area contributed by atoms with E-state index in [1.165, 1.54) is 6.26 Å². The highest BCUT2D eigenvalue weighted by Gasteiger charge is 2.08. The van der Waals surface area contributed by atoms with Crippen LogP contribution in [0.4, 0.5) is 5.69 Å². The highest BCUT2D eigenvalue weighted by molar-refractivity contribution is 9.10. The van der Waals surface area contributed by atoms with E-state index in [0.29, 0.717) is 5.69 Å². The number of furan rings is 1. The lowest BCUT2D eigenvalue weighted by atomic mass is 10.2. The average molecular weight is 332 g/mol. The first-order chi connectivity index (χ1) is 9.72. The number of nitrogens with one attached hydrogen (secondary N) is 1.